The van der Waals surface area contributed by atoms with Crippen molar-refractivity contribution in [3.63, 3.8) is 0 Å². The number of hydrogen-bond donors (Lipinski definition) is 2. The molecule has 3 N–H and O–H groups in total. The maximum atomic E-state index is 13.4. The smallest absolute Gasteiger partial charge is 0.228 e. The Morgan fingerprint density at radius 1 is 1.06 bits per heavy atom. The molecule has 0 spiro atoms. The third-order valence-corrected chi connectivity index (χ3v) is 5.65. The summed E-state index contributed by atoms with van der Waals surface area (Å²) in [5.74, 6) is 0.348. The van der Waals surface area contributed by atoms with Crippen LogP contribution >= 0.6 is 0 Å². The lowest BCUT2D eigenvalue weighted by atomic mass is 10.0. The van der Waals surface area contributed by atoms with Crippen molar-refractivity contribution in [1.82, 2.24) is 0 Å². The van der Waals surface area contributed by atoms with E-state index in [-0.39, 0.29) is 18.1 Å². The Balaban J connectivity index is 1.45. The van der Waals surface area contributed by atoms with Gasteiger partial charge in [0.25, 0.3) is 0 Å². The van der Waals surface area contributed by atoms with Crippen LogP contribution in [0.25, 0.3) is 5.70 Å². The van der Waals surface area contributed by atoms with Crippen molar-refractivity contribution in [2.75, 3.05) is 18.2 Å². The number of ether oxygens (including phenoxy) is 1. The van der Waals surface area contributed by atoms with Crippen molar-refractivity contribution in [2.24, 2.45) is 10.2 Å². The number of ketones is 1. The molecule has 158 valence electrons. The molecule has 7 nitrogen and oxygen atoms in total. The number of azo groups is 1. The molecule has 1 amide bonds. The van der Waals surface area contributed by atoms with E-state index in [0.717, 1.165) is 22.4 Å². The van der Waals surface area contributed by atoms with Gasteiger partial charge in [0.05, 0.1) is 30.4 Å². The van der Waals surface area contributed by atoms with Crippen LogP contribution in [0.2, 0.25) is 0 Å². The minimum atomic E-state index is -0.455. The van der Waals surface area contributed by atoms with Gasteiger partial charge in [-0.1, -0.05) is 24.3 Å². The van der Waals surface area contributed by atoms with Crippen LogP contribution in [-0.4, -0.2) is 18.8 Å². The molecule has 0 bridgehead atoms. The summed E-state index contributed by atoms with van der Waals surface area (Å²) in [5, 5.41) is 11.5. The number of Topliss-reactive ketones (excluding diaryl/α,β-unsaturated/α-hetero) is 1. The molecule has 0 saturated heterocycles. The summed E-state index contributed by atoms with van der Waals surface area (Å²) in [6, 6.07) is 19.4. The number of methoxy groups -OCH3 is 1. The van der Waals surface area contributed by atoms with E-state index in [4.69, 9.17) is 10.5 Å². The fourth-order valence-electron chi connectivity index (χ4n) is 4.07. The van der Waals surface area contributed by atoms with E-state index in [1.807, 2.05) is 48.5 Å². The van der Waals surface area contributed by atoms with Crippen LogP contribution in [0, 0.1) is 0 Å². The average Bonchev–Trinajstić information content (AvgIpc) is 3.36. The van der Waals surface area contributed by atoms with E-state index in [2.05, 4.69) is 15.5 Å². The molecule has 32 heavy (non-hydrogen) atoms. The molecule has 0 fully saturated rings. The normalized spacial score (nSPS) is 16.2. The Hall–Kier alpha value is -4.26. The third kappa shape index (κ3) is 3.33. The molecule has 0 aromatic heterocycles. The molecule has 3 aromatic rings. The monoisotopic (exact) mass is 424 g/mol. The molecular weight excluding hydrogens is 404 g/mol. The highest BCUT2D eigenvalue weighted by Gasteiger charge is 2.42. The fraction of sp³-hybridized carbons (Fsp3) is 0.120. The number of nitrogens with zero attached hydrogens (tertiary/aromatic N) is 2. The SMILES string of the molecule is COc1ccc(C2=C3C(=O)c4c(NC(=O)Cc5ccc(N)cc5)cccc4C3N=N2)cc1. The number of carbonyl (C=O) groups excluding carboxylic acids is 2. The largest absolute Gasteiger partial charge is 0.497 e. The van der Waals surface area contributed by atoms with Gasteiger partial charge in [-0.15, -0.1) is 0 Å². The molecule has 0 radical (unpaired) electrons. The maximum Gasteiger partial charge on any atom is 0.228 e. The van der Waals surface area contributed by atoms with E-state index in [0.29, 0.717) is 28.2 Å². The third-order valence-electron chi connectivity index (χ3n) is 5.65. The molecule has 5 rings (SSSR count). The number of hydrogen-bond acceptors (Lipinski definition) is 6. The predicted molar refractivity (Wildman–Crippen MR) is 121 cm³/mol. The summed E-state index contributed by atoms with van der Waals surface area (Å²) in [6.45, 7) is 0. The number of nitrogen functional groups attached to an aromatic ring is 1. The van der Waals surface area contributed by atoms with Gasteiger partial charge < -0.3 is 15.8 Å². The zero-order valence-electron chi connectivity index (χ0n) is 17.3. The van der Waals surface area contributed by atoms with Gasteiger partial charge in [0.2, 0.25) is 5.91 Å². The van der Waals surface area contributed by atoms with Crippen molar-refractivity contribution in [1.29, 1.82) is 0 Å². The summed E-state index contributed by atoms with van der Waals surface area (Å²) in [6.07, 6.45) is 0.182. The summed E-state index contributed by atoms with van der Waals surface area (Å²) < 4.78 is 5.21. The molecule has 3 aromatic carbocycles. The van der Waals surface area contributed by atoms with Crippen LogP contribution in [-0.2, 0) is 11.2 Å². The minimum Gasteiger partial charge on any atom is -0.497 e. The van der Waals surface area contributed by atoms with Gasteiger partial charge in [-0.3, -0.25) is 9.59 Å². The highest BCUT2D eigenvalue weighted by Crippen LogP contribution is 2.49. The van der Waals surface area contributed by atoms with E-state index >= 15 is 0 Å². The molecule has 1 unspecified atom stereocenters. The van der Waals surface area contributed by atoms with E-state index in [1.54, 1.807) is 25.3 Å². The van der Waals surface area contributed by atoms with Crippen LogP contribution in [0.5, 0.6) is 5.75 Å². The summed E-state index contributed by atoms with van der Waals surface area (Å²) in [4.78, 5) is 26.1. The van der Waals surface area contributed by atoms with Gasteiger partial charge in [0.1, 0.15) is 17.5 Å². The molecule has 0 saturated carbocycles. The first-order valence-corrected chi connectivity index (χ1v) is 10.2. The highest BCUT2D eigenvalue weighted by molar-refractivity contribution is 6.22. The van der Waals surface area contributed by atoms with Crippen molar-refractivity contribution in [3.8, 4) is 5.75 Å². The standard InChI is InChI=1S/C25H20N4O3/c1-32-17-11-7-15(8-12-17)23-22-24(29-28-23)18-3-2-4-19(21(18)25(22)31)27-20(30)13-14-5-9-16(26)10-6-14/h2-12,24H,13,26H2,1H3,(H,27,30). The van der Waals surface area contributed by atoms with Crippen LogP contribution in [0.1, 0.15) is 33.1 Å². The average molecular weight is 424 g/mol. The second-order valence-electron chi connectivity index (χ2n) is 7.67. The molecule has 1 heterocycles. The number of benzene rings is 3. The second kappa shape index (κ2) is 7.77. The van der Waals surface area contributed by atoms with E-state index in [1.165, 1.54) is 0 Å². The van der Waals surface area contributed by atoms with Crippen molar-refractivity contribution >= 4 is 28.8 Å². The Morgan fingerprint density at radius 3 is 2.53 bits per heavy atom. The number of amides is 1. The number of nitrogens with one attached hydrogen (secondary N) is 1. The lowest BCUT2D eigenvalue weighted by Gasteiger charge is -2.10. The number of fused-ring (bicyclic) bond motifs is 3. The molecular formula is C25H20N4O3. The van der Waals surface area contributed by atoms with Crippen LogP contribution in [0.3, 0.4) is 0 Å². The van der Waals surface area contributed by atoms with Gasteiger partial charge in [-0.25, -0.2) is 0 Å². The second-order valence-corrected chi connectivity index (χ2v) is 7.67. The summed E-state index contributed by atoms with van der Waals surface area (Å²) >= 11 is 0. The lowest BCUT2D eigenvalue weighted by Crippen LogP contribution is -2.16. The predicted octanol–water partition coefficient (Wildman–Crippen LogP) is 4.57. The molecule has 1 aliphatic carbocycles. The number of carbonyl (C=O) groups is 2. The van der Waals surface area contributed by atoms with Crippen molar-refractivity contribution < 1.29 is 14.3 Å². The van der Waals surface area contributed by atoms with Crippen molar-refractivity contribution in [3.05, 3.63) is 94.6 Å². The Morgan fingerprint density at radius 2 is 1.81 bits per heavy atom. The lowest BCUT2D eigenvalue weighted by molar-refractivity contribution is -0.115. The highest BCUT2D eigenvalue weighted by atomic mass is 16.5. The topological polar surface area (TPSA) is 106 Å². The quantitative estimate of drug-likeness (QED) is 0.585. The van der Waals surface area contributed by atoms with Gasteiger partial charge in [-0.05, 0) is 53.6 Å². The van der Waals surface area contributed by atoms with E-state index in [9.17, 15) is 9.59 Å². The first-order valence-electron chi connectivity index (χ1n) is 10.2. The van der Waals surface area contributed by atoms with Gasteiger partial charge in [-0.2, -0.15) is 10.2 Å². The van der Waals surface area contributed by atoms with Crippen LogP contribution in [0.4, 0.5) is 11.4 Å². The summed E-state index contributed by atoms with van der Waals surface area (Å²) in [7, 11) is 1.60. The Labute approximate surface area is 184 Å². The maximum absolute atomic E-state index is 13.4. The van der Waals surface area contributed by atoms with Crippen LogP contribution < -0.4 is 15.8 Å². The Kier molecular flexibility index (Phi) is 4.78. The fourth-order valence-corrected chi connectivity index (χ4v) is 4.07. The minimum absolute atomic E-state index is 0.163. The van der Waals surface area contributed by atoms with E-state index < -0.39 is 6.04 Å². The zero-order chi connectivity index (χ0) is 22.2. The molecule has 1 atom stereocenters. The van der Waals surface area contributed by atoms with Crippen LogP contribution in [0.15, 0.2) is 82.5 Å². The molecule has 1 aliphatic heterocycles. The van der Waals surface area contributed by atoms with Crippen molar-refractivity contribution in [2.45, 2.75) is 12.5 Å². The Bertz CT molecular complexity index is 1290. The first-order chi connectivity index (χ1) is 15.5. The summed E-state index contributed by atoms with van der Waals surface area (Å²) in [5.41, 5.74) is 10.8. The first kappa shape index (κ1) is 19.7. The van der Waals surface area contributed by atoms with Gasteiger partial charge in [0.15, 0.2) is 5.78 Å². The number of nitrogens with two attached hydrogens (primary N) is 1. The molecule has 2 aliphatic rings. The number of anilines is 2. The van der Waals surface area contributed by atoms with Gasteiger partial charge >= 0.3 is 0 Å². The molecule has 7 heteroatoms. The number of rotatable bonds is 5. The zero-order valence-corrected chi connectivity index (χ0v) is 17.3. The van der Waals surface area contributed by atoms with Gasteiger partial charge in [0, 0.05) is 11.3 Å².